The van der Waals surface area contributed by atoms with Crippen LogP contribution in [0.3, 0.4) is 0 Å². The number of ketones is 1. The number of nitrogens with zero attached hydrogens (tertiary/aromatic N) is 2. The van der Waals surface area contributed by atoms with Crippen molar-refractivity contribution in [1.29, 1.82) is 0 Å². The minimum Gasteiger partial charge on any atom is -0.493 e. The lowest BCUT2D eigenvalue weighted by atomic mass is 10.0. The Kier molecular flexibility index (Phi) is 7.29. The molecule has 0 aliphatic carbocycles. The number of likely N-dealkylation sites (N-methyl/N-ethyl adjacent to an activating group) is 1. The summed E-state index contributed by atoms with van der Waals surface area (Å²) < 4.78 is 11.7. The lowest BCUT2D eigenvalue weighted by Crippen LogP contribution is -2.36. The number of hydrogen-bond donors (Lipinski definition) is 1. The number of ether oxygens (including phenoxy) is 2. The van der Waals surface area contributed by atoms with Crippen LogP contribution in [0, 0.1) is 6.92 Å². The highest BCUT2D eigenvalue weighted by Crippen LogP contribution is 2.37. The van der Waals surface area contributed by atoms with E-state index in [0.717, 1.165) is 24.4 Å². The number of fused-ring (bicyclic) bond motifs is 3. The molecule has 178 valence electrons. The third kappa shape index (κ3) is 4.83. The first-order chi connectivity index (χ1) is 16.4. The molecule has 0 spiro atoms. The van der Waals surface area contributed by atoms with Gasteiger partial charge in [0.15, 0.2) is 17.3 Å². The standard InChI is InChI=1S/C26H29N3O4S/c1-5-29-14-19(25-18-8-6-7-16(2)26(18)34-23(25)15-29)27-28-24(31)12-10-20(30)17-9-11-21(32-3)22(13-17)33-4/h6-9,11,13H,5,10,12,14-15H2,1-4H3,(H,28,31)/b27-19+. The van der Waals surface area contributed by atoms with Gasteiger partial charge >= 0.3 is 0 Å². The Hall–Kier alpha value is -3.23. The van der Waals surface area contributed by atoms with Gasteiger partial charge in [-0.2, -0.15) is 5.10 Å². The summed E-state index contributed by atoms with van der Waals surface area (Å²) in [6.07, 6.45) is 0.136. The van der Waals surface area contributed by atoms with Crippen molar-refractivity contribution < 1.29 is 19.1 Å². The van der Waals surface area contributed by atoms with E-state index in [0.29, 0.717) is 23.6 Å². The molecular formula is C26H29N3O4S. The Balaban J connectivity index is 1.46. The van der Waals surface area contributed by atoms with Crippen molar-refractivity contribution in [3.63, 3.8) is 0 Å². The van der Waals surface area contributed by atoms with E-state index in [9.17, 15) is 9.59 Å². The van der Waals surface area contributed by atoms with E-state index in [-0.39, 0.29) is 24.5 Å². The van der Waals surface area contributed by atoms with Crippen LogP contribution >= 0.6 is 11.3 Å². The number of amides is 1. The lowest BCUT2D eigenvalue weighted by molar-refractivity contribution is -0.121. The molecule has 0 atom stereocenters. The highest BCUT2D eigenvalue weighted by Gasteiger charge is 2.26. The topological polar surface area (TPSA) is 80.2 Å². The van der Waals surface area contributed by atoms with Gasteiger partial charge in [-0.25, -0.2) is 5.43 Å². The van der Waals surface area contributed by atoms with E-state index < -0.39 is 0 Å². The van der Waals surface area contributed by atoms with Gasteiger partial charge in [0, 0.05) is 52.0 Å². The van der Waals surface area contributed by atoms with Crippen LogP contribution in [0.5, 0.6) is 11.5 Å². The van der Waals surface area contributed by atoms with E-state index in [1.807, 2.05) is 0 Å². The van der Waals surface area contributed by atoms with Gasteiger partial charge < -0.3 is 9.47 Å². The minimum atomic E-state index is -0.285. The monoisotopic (exact) mass is 479 g/mol. The molecule has 1 aliphatic heterocycles. The van der Waals surface area contributed by atoms with Gasteiger partial charge in [-0.15, -0.1) is 11.3 Å². The molecule has 2 heterocycles. The zero-order chi connectivity index (χ0) is 24.2. The maximum absolute atomic E-state index is 12.6. The van der Waals surface area contributed by atoms with E-state index >= 15 is 0 Å². The van der Waals surface area contributed by atoms with Gasteiger partial charge in [0.05, 0.1) is 19.9 Å². The molecule has 1 aliphatic rings. The van der Waals surface area contributed by atoms with Crippen LogP contribution in [0.25, 0.3) is 10.1 Å². The van der Waals surface area contributed by atoms with E-state index in [1.165, 1.54) is 27.6 Å². The third-order valence-corrected chi connectivity index (χ3v) is 7.39. The van der Waals surface area contributed by atoms with Crippen LogP contribution in [0.4, 0.5) is 0 Å². The molecule has 0 bridgehead atoms. The Morgan fingerprint density at radius 2 is 1.88 bits per heavy atom. The number of Topliss-reactive ketones (excluding diaryl/α,β-unsaturated/α-hetero) is 1. The van der Waals surface area contributed by atoms with Crippen LogP contribution in [-0.4, -0.2) is 49.6 Å². The van der Waals surface area contributed by atoms with Gasteiger partial charge in [-0.1, -0.05) is 25.1 Å². The number of aryl methyl sites for hydroxylation is 1. The van der Waals surface area contributed by atoms with Crippen molar-refractivity contribution in [2.75, 3.05) is 27.3 Å². The van der Waals surface area contributed by atoms with Crippen molar-refractivity contribution in [3.05, 3.63) is 58.0 Å². The first-order valence-electron chi connectivity index (χ1n) is 11.3. The Morgan fingerprint density at radius 3 is 2.62 bits per heavy atom. The zero-order valence-electron chi connectivity index (χ0n) is 19.9. The van der Waals surface area contributed by atoms with Crippen LogP contribution < -0.4 is 14.9 Å². The summed E-state index contributed by atoms with van der Waals surface area (Å²) in [6, 6.07) is 11.3. The number of rotatable bonds is 8. The van der Waals surface area contributed by atoms with Gasteiger partial charge in [0.2, 0.25) is 5.91 Å². The van der Waals surface area contributed by atoms with Crippen molar-refractivity contribution in [2.24, 2.45) is 5.10 Å². The lowest BCUT2D eigenvalue weighted by Gasteiger charge is -2.26. The maximum atomic E-state index is 12.6. The van der Waals surface area contributed by atoms with E-state index in [4.69, 9.17) is 9.47 Å². The number of benzene rings is 2. The molecule has 0 fully saturated rings. The summed E-state index contributed by atoms with van der Waals surface area (Å²) in [5.74, 6) is 0.611. The molecule has 0 saturated carbocycles. The van der Waals surface area contributed by atoms with Crippen molar-refractivity contribution in [2.45, 2.75) is 33.2 Å². The first kappa shape index (κ1) is 23.9. The summed E-state index contributed by atoms with van der Waals surface area (Å²) in [6.45, 7) is 6.71. The summed E-state index contributed by atoms with van der Waals surface area (Å²) in [7, 11) is 3.06. The van der Waals surface area contributed by atoms with Gasteiger partial charge in [-0.3, -0.25) is 14.5 Å². The predicted molar refractivity (Wildman–Crippen MR) is 135 cm³/mol. The molecular weight excluding hydrogens is 450 g/mol. The minimum absolute atomic E-state index is 0.0534. The largest absolute Gasteiger partial charge is 0.493 e. The highest BCUT2D eigenvalue weighted by molar-refractivity contribution is 7.19. The average molecular weight is 480 g/mol. The molecule has 0 radical (unpaired) electrons. The second-order valence-electron chi connectivity index (χ2n) is 8.24. The predicted octanol–water partition coefficient (Wildman–Crippen LogP) is 4.55. The number of carbonyl (C=O) groups excluding carboxylic acids is 2. The Bertz CT molecular complexity index is 1260. The van der Waals surface area contributed by atoms with Gasteiger partial charge in [0.25, 0.3) is 0 Å². The Labute approximate surface area is 203 Å². The van der Waals surface area contributed by atoms with Crippen LogP contribution in [0.15, 0.2) is 41.5 Å². The number of thiophene rings is 1. The summed E-state index contributed by atoms with van der Waals surface area (Å²) in [5, 5.41) is 5.70. The van der Waals surface area contributed by atoms with Crippen molar-refractivity contribution in [3.8, 4) is 11.5 Å². The molecule has 1 aromatic heterocycles. The van der Waals surface area contributed by atoms with Crippen LogP contribution in [-0.2, 0) is 11.3 Å². The smallest absolute Gasteiger partial charge is 0.240 e. The van der Waals surface area contributed by atoms with E-state index in [2.05, 4.69) is 47.5 Å². The summed E-state index contributed by atoms with van der Waals surface area (Å²) in [4.78, 5) is 28.7. The fourth-order valence-corrected chi connectivity index (χ4v) is 5.50. The molecule has 0 unspecified atom stereocenters. The quantitative estimate of drug-likeness (QED) is 0.379. The molecule has 0 saturated heterocycles. The van der Waals surface area contributed by atoms with E-state index in [1.54, 1.807) is 36.6 Å². The summed E-state index contributed by atoms with van der Waals surface area (Å²) >= 11 is 1.80. The van der Waals surface area contributed by atoms with Crippen LogP contribution in [0.1, 0.15) is 46.1 Å². The fraction of sp³-hybridized carbons (Fsp3) is 0.346. The SMILES string of the molecule is CCN1C/C(=N\NC(=O)CCC(=O)c2ccc(OC)c(OC)c2)c2c(sc3c(C)cccc23)C1. The second-order valence-corrected chi connectivity index (χ2v) is 9.35. The Morgan fingerprint density at radius 1 is 1.09 bits per heavy atom. The maximum Gasteiger partial charge on any atom is 0.240 e. The zero-order valence-corrected chi connectivity index (χ0v) is 20.8. The van der Waals surface area contributed by atoms with Gasteiger partial charge in [0.1, 0.15) is 0 Å². The summed E-state index contributed by atoms with van der Waals surface area (Å²) in [5.41, 5.74) is 6.41. The number of carbonyl (C=O) groups is 2. The normalized spacial score (nSPS) is 14.8. The number of methoxy groups -OCH3 is 2. The van der Waals surface area contributed by atoms with Crippen molar-refractivity contribution in [1.82, 2.24) is 10.3 Å². The van der Waals surface area contributed by atoms with Crippen LogP contribution in [0.2, 0.25) is 0 Å². The molecule has 2 aromatic carbocycles. The number of hydrogen-bond acceptors (Lipinski definition) is 7. The second kappa shape index (κ2) is 10.4. The number of nitrogens with one attached hydrogen (secondary N) is 1. The molecule has 7 nitrogen and oxygen atoms in total. The molecule has 1 N–H and O–H groups in total. The molecule has 1 amide bonds. The molecule has 34 heavy (non-hydrogen) atoms. The highest BCUT2D eigenvalue weighted by atomic mass is 32.1. The third-order valence-electron chi connectivity index (χ3n) is 6.06. The first-order valence-corrected chi connectivity index (χ1v) is 12.1. The average Bonchev–Trinajstić information content (AvgIpc) is 3.25. The number of hydrazone groups is 1. The molecule has 8 heteroatoms. The van der Waals surface area contributed by atoms with Gasteiger partial charge in [-0.05, 0) is 37.2 Å². The molecule has 4 rings (SSSR count). The fourth-order valence-electron chi connectivity index (χ4n) is 4.17. The van der Waals surface area contributed by atoms with Crippen molar-refractivity contribution >= 4 is 38.8 Å². The molecule has 3 aromatic rings.